The molecule has 2 heterocycles. The minimum atomic E-state index is 0. The first-order valence-corrected chi connectivity index (χ1v) is 7.10. The molecule has 96 valence electrons. The summed E-state index contributed by atoms with van der Waals surface area (Å²) in [4.78, 5) is 3.99. The first-order valence-electron chi connectivity index (χ1n) is 5.84. The van der Waals surface area contributed by atoms with Gasteiger partial charge in [-0.1, -0.05) is 29.8 Å². The summed E-state index contributed by atoms with van der Waals surface area (Å²) in [5, 5.41) is 3.08. The van der Waals surface area contributed by atoms with Gasteiger partial charge in [-0.25, -0.2) is 0 Å². The molecule has 1 aromatic carbocycles. The number of hydrogen-bond acceptors (Lipinski definition) is 2. The average Bonchev–Trinajstić information content (AvgIpc) is 2.79. The number of benzene rings is 1. The zero-order chi connectivity index (χ0) is 11.7. The van der Waals surface area contributed by atoms with Gasteiger partial charge >= 0.3 is 0 Å². The highest BCUT2D eigenvalue weighted by molar-refractivity contribution is 7.10. The summed E-state index contributed by atoms with van der Waals surface area (Å²) < 4.78 is 0. The van der Waals surface area contributed by atoms with E-state index in [0.717, 1.165) is 24.7 Å². The Morgan fingerprint density at radius 2 is 2.06 bits per heavy atom. The molecule has 0 aliphatic carbocycles. The standard InChI is InChI=1S/C14H14ClNS.ClH/c15-13-4-2-1-3-12(13)9-16-7-5-11-6-8-17-14(11)10-16;/h1-4,6,8H,5,7,9-10H2;1H. The lowest BCUT2D eigenvalue weighted by Gasteiger charge is -2.27. The second-order valence-corrected chi connectivity index (χ2v) is 5.83. The van der Waals surface area contributed by atoms with Crippen molar-refractivity contribution >= 4 is 35.3 Å². The van der Waals surface area contributed by atoms with Crippen molar-refractivity contribution in [1.29, 1.82) is 0 Å². The van der Waals surface area contributed by atoms with Gasteiger partial charge in [0.15, 0.2) is 0 Å². The zero-order valence-electron chi connectivity index (χ0n) is 9.93. The van der Waals surface area contributed by atoms with Crippen molar-refractivity contribution in [1.82, 2.24) is 4.90 Å². The minimum absolute atomic E-state index is 0. The van der Waals surface area contributed by atoms with Crippen molar-refractivity contribution in [2.75, 3.05) is 6.54 Å². The summed E-state index contributed by atoms with van der Waals surface area (Å²) in [6.45, 7) is 3.16. The molecule has 2 aromatic rings. The van der Waals surface area contributed by atoms with E-state index < -0.39 is 0 Å². The lowest BCUT2D eigenvalue weighted by Crippen LogP contribution is -2.29. The van der Waals surface area contributed by atoms with Gasteiger partial charge in [-0.05, 0) is 35.1 Å². The summed E-state index contributed by atoms with van der Waals surface area (Å²) in [5.41, 5.74) is 2.76. The Bertz CT molecular complexity index is 524. The second-order valence-electron chi connectivity index (χ2n) is 4.42. The van der Waals surface area contributed by atoms with Crippen molar-refractivity contribution < 1.29 is 0 Å². The van der Waals surface area contributed by atoms with Gasteiger partial charge < -0.3 is 0 Å². The summed E-state index contributed by atoms with van der Waals surface area (Å²) in [6, 6.07) is 10.4. The Morgan fingerprint density at radius 3 is 2.89 bits per heavy atom. The minimum Gasteiger partial charge on any atom is -0.294 e. The molecule has 18 heavy (non-hydrogen) atoms. The molecule has 4 heteroatoms. The number of nitrogens with zero attached hydrogens (tertiary/aromatic N) is 1. The highest BCUT2D eigenvalue weighted by atomic mass is 35.5. The molecule has 0 N–H and O–H groups in total. The lowest BCUT2D eigenvalue weighted by molar-refractivity contribution is 0.249. The van der Waals surface area contributed by atoms with Crippen LogP contribution < -0.4 is 0 Å². The van der Waals surface area contributed by atoms with Crippen LogP contribution in [0.1, 0.15) is 16.0 Å². The Morgan fingerprint density at radius 1 is 1.22 bits per heavy atom. The maximum atomic E-state index is 6.20. The molecule has 0 fully saturated rings. The Labute approximate surface area is 123 Å². The van der Waals surface area contributed by atoms with Crippen LogP contribution >= 0.6 is 35.3 Å². The summed E-state index contributed by atoms with van der Waals surface area (Å²) in [7, 11) is 0. The van der Waals surface area contributed by atoms with E-state index in [0.29, 0.717) is 0 Å². The third-order valence-corrected chi connectivity index (χ3v) is 4.57. The molecular formula is C14H15Cl2NS. The third-order valence-electron chi connectivity index (χ3n) is 3.25. The number of rotatable bonds is 2. The van der Waals surface area contributed by atoms with E-state index in [-0.39, 0.29) is 12.4 Å². The van der Waals surface area contributed by atoms with Gasteiger partial charge in [0.1, 0.15) is 0 Å². The molecule has 0 unspecified atom stereocenters. The number of fused-ring (bicyclic) bond motifs is 1. The molecule has 0 spiro atoms. The van der Waals surface area contributed by atoms with E-state index in [4.69, 9.17) is 11.6 Å². The molecule has 1 aliphatic heterocycles. The van der Waals surface area contributed by atoms with Crippen LogP contribution in [0.2, 0.25) is 5.02 Å². The molecule has 0 atom stereocenters. The molecule has 1 aliphatic rings. The number of hydrogen-bond donors (Lipinski definition) is 0. The fourth-order valence-electron chi connectivity index (χ4n) is 2.29. The van der Waals surface area contributed by atoms with E-state index >= 15 is 0 Å². The van der Waals surface area contributed by atoms with Crippen LogP contribution in [-0.4, -0.2) is 11.4 Å². The van der Waals surface area contributed by atoms with Crippen LogP contribution in [0.15, 0.2) is 35.7 Å². The largest absolute Gasteiger partial charge is 0.294 e. The van der Waals surface area contributed by atoms with Crippen molar-refractivity contribution in [3.8, 4) is 0 Å². The molecule has 0 saturated carbocycles. The van der Waals surface area contributed by atoms with Gasteiger partial charge in [0.05, 0.1) is 0 Å². The fraction of sp³-hybridized carbons (Fsp3) is 0.286. The van der Waals surface area contributed by atoms with Crippen molar-refractivity contribution in [2.24, 2.45) is 0 Å². The van der Waals surface area contributed by atoms with E-state index in [1.165, 1.54) is 22.4 Å². The maximum Gasteiger partial charge on any atom is 0.0451 e. The van der Waals surface area contributed by atoms with Crippen LogP contribution in [0.5, 0.6) is 0 Å². The highest BCUT2D eigenvalue weighted by Gasteiger charge is 2.17. The number of thiophene rings is 1. The summed E-state index contributed by atoms with van der Waals surface area (Å²) in [5.74, 6) is 0. The Hall–Kier alpha value is -0.540. The van der Waals surface area contributed by atoms with Crippen LogP contribution in [-0.2, 0) is 19.5 Å². The van der Waals surface area contributed by atoms with E-state index in [9.17, 15) is 0 Å². The van der Waals surface area contributed by atoms with Crippen LogP contribution in [0.25, 0.3) is 0 Å². The smallest absolute Gasteiger partial charge is 0.0451 e. The van der Waals surface area contributed by atoms with Crippen molar-refractivity contribution in [3.05, 3.63) is 56.7 Å². The predicted octanol–water partition coefficient (Wildman–Crippen LogP) is 4.38. The SMILES string of the molecule is Cl.Clc1ccccc1CN1CCc2ccsc2C1. The van der Waals surface area contributed by atoms with Gasteiger partial charge in [0.2, 0.25) is 0 Å². The first-order chi connectivity index (χ1) is 8.33. The molecule has 0 amide bonds. The molecule has 1 nitrogen and oxygen atoms in total. The van der Waals surface area contributed by atoms with E-state index in [2.05, 4.69) is 28.5 Å². The second kappa shape index (κ2) is 6.07. The van der Waals surface area contributed by atoms with Gasteiger partial charge in [-0.15, -0.1) is 23.7 Å². The Balaban J connectivity index is 0.00000120. The summed E-state index contributed by atoms with van der Waals surface area (Å²) in [6.07, 6.45) is 1.17. The monoisotopic (exact) mass is 299 g/mol. The maximum absolute atomic E-state index is 6.20. The van der Waals surface area contributed by atoms with Crippen molar-refractivity contribution in [3.63, 3.8) is 0 Å². The molecule has 0 radical (unpaired) electrons. The molecule has 0 saturated heterocycles. The molecule has 1 aromatic heterocycles. The van der Waals surface area contributed by atoms with Gasteiger partial charge in [-0.2, -0.15) is 0 Å². The highest BCUT2D eigenvalue weighted by Crippen LogP contribution is 2.26. The first kappa shape index (κ1) is 13.9. The topological polar surface area (TPSA) is 3.24 Å². The van der Waals surface area contributed by atoms with Gasteiger partial charge in [-0.3, -0.25) is 4.90 Å². The Kier molecular flexibility index (Phi) is 4.68. The lowest BCUT2D eigenvalue weighted by atomic mass is 10.1. The molecular weight excluding hydrogens is 285 g/mol. The predicted molar refractivity (Wildman–Crippen MR) is 80.8 cm³/mol. The zero-order valence-corrected chi connectivity index (χ0v) is 12.3. The fourth-order valence-corrected chi connectivity index (χ4v) is 3.46. The third kappa shape index (κ3) is 2.89. The van der Waals surface area contributed by atoms with Crippen LogP contribution in [0.3, 0.4) is 0 Å². The molecule has 0 bridgehead atoms. The average molecular weight is 300 g/mol. The molecule has 3 rings (SSSR count). The number of halogens is 2. The van der Waals surface area contributed by atoms with Crippen LogP contribution in [0, 0.1) is 0 Å². The van der Waals surface area contributed by atoms with Crippen LogP contribution in [0.4, 0.5) is 0 Å². The van der Waals surface area contributed by atoms with E-state index in [1.807, 2.05) is 23.5 Å². The quantitative estimate of drug-likeness (QED) is 0.795. The summed E-state index contributed by atoms with van der Waals surface area (Å²) >= 11 is 8.07. The van der Waals surface area contributed by atoms with Crippen molar-refractivity contribution in [2.45, 2.75) is 19.5 Å². The normalized spacial score (nSPS) is 14.9. The van der Waals surface area contributed by atoms with E-state index in [1.54, 1.807) is 0 Å². The van der Waals surface area contributed by atoms with Gasteiger partial charge in [0, 0.05) is 29.5 Å². The van der Waals surface area contributed by atoms with Gasteiger partial charge in [0.25, 0.3) is 0 Å².